The average Bonchev–Trinajstić information content (AvgIpc) is 2.75. The molecule has 2 rings (SSSR count). The molecule has 1 aromatic rings. The monoisotopic (exact) mass is 278 g/mol. The molecule has 3 nitrogen and oxygen atoms in total. The number of aryl methyl sites for hydroxylation is 2. The number of nitrogens with one attached hydrogen (secondary N) is 1. The van der Waals surface area contributed by atoms with Gasteiger partial charge in [0.1, 0.15) is 11.5 Å². The second kappa shape index (κ2) is 7.28. The van der Waals surface area contributed by atoms with Crippen molar-refractivity contribution in [3.05, 3.63) is 23.2 Å². The smallest absolute Gasteiger partial charge is 0.105 e. The third-order valence-electron chi connectivity index (χ3n) is 4.56. The van der Waals surface area contributed by atoms with Crippen LogP contribution in [-0.4, -0.2) is 30.6 Å². The van der Waals surface area contributed by atoms with Crippen LogP contribution in [-0.2, 0) is 0 Å². The molecule has 2 heterocycles. The molecule has 0 aliphatic carbocycles. The van der Waals surface area contributed by atoms with Gasteiger partial charge in [-0.3, -0.25) is 0 Å². The van der Waals surface area contributed by atoms with E-state index in [1.807, 2.05) is 6.92 Å². The molecule has 0 spiro atoms. The van der Waals surface area contributed by atoms with Crippen LogP contribution < -0.4 is 5.32 Å². The fourth-order valence-corrected chi connectivity index (χ4v) is 3.28. The van der Waals surface area contributed by atoms with Gasteiger partial charge in [0.15, 0.2) is 0 Å². The van der Waals surface area contributed by atoms with Crippen LogP contribution in [0.5, 0.6) is 0 Å². The van der Waals surface area contributed by atoms with Gasteiger partial charge in [0.25, 0.3) is 0 Å². The van der Waals surface area contributed by atoms with Crippen molar-refractivity contribution in [1.82, 2.24) is 10.2 Å². The number of piperidine rings is 1. The van der Waals surface area contributed by atoms with Gasteiger partial charge in [-0.2, -0.15) is 0 Å². The predicted molar refractivity (Wildman–Crippen MR) is 84.1 cm³/mol. The lowest BCUT2D eigenvalue weighted by Crippen LogP contribution is -2.39. The van der Waals surface area contributed by atoms with Crippen molar-refractivity contribution in [2.24, 2.45) is 0 Å². The van der Waals surface area contributed by atoms with Crippen LogP contribution in [0.25, 0.3) is 0 Å². The van der Waals surface area contributed by atoms with Gasteiger partial charge in [0.05, 0.1) is 0 Å². The van der Waals surface area contributed by atoms with Crippen molar-refractivity contribution in [2.75, 3.05) is 19.6 Å². The Bertz CT molecular complexity index is 413. The largest absolute Gasteiger partial charge is 0.466 e. The number of hydrogen-bond donors (Lipinski definition) is 1. The van der Waals surface area contributed by atoms with Crippen molar-refractivity contribution in [1.29, 1.82) is 0 Å². The zero-order valence-corrected chi connectivity index (χ0v) is 13.5. The lowest BCUT2D eigenvalue weighted by molar-refractivity contribution is 0.158. The SMILES string of the molecule is Cc1cc(C(C)NCCCN2CCCCC2C)c(C)o1. The van der Waals surface area contributed by atoms with E-state index < -0.39 is 0 Å². The lowest BCUT2D eigenvalue weighted by Gasteiger charge is -2.33. The first-order chi connectivity index (χ1) is 9.58. The summed E-state index contributed by atoms with van der Waals surface area (Å²) in [7, 11) is 0. The summed E-state index contributed by atoms with van der Waals surface area (Å²) in [5, 5.41) is 3.62. The first-order valence-corrected chi connectivity index (χ1v) is 8.12. The highest BCUT2D eigenvalue weighted by Gasteiger charge is 2.17. The summed E-state index contributed by atoms with van der Waals surface area (Å²) >= 11 is 0. The first-order valence-electron chi connectivity index (χ1n) is 8.12. The van der Waals surface area contributed by atoms with Gasteiger partial charge >= 0.3 is 0 Å². The highest BCUT2D eigenvalue weighted by molar-refractivity contribution is 5.23. The maximum absolute atomic E-state index is 5.60. The third kappa shape index (κ3) is 4.10. The summed E-state index contributed by atoms with van der Waals surface area (Å²) in [6, 6.07) is 3.31. The number of nitrogens with zero attached hydrogens (tertiary/aromatic N) is 1. The fraction of sp³-hybridized carbons (Fsp3) is 0.765. The molecule has 114 valence electrons. The first kappa shape index (κ1) is 15.6. The molecule has 20 heavy (non-hydrogen) atoms. The van der Waals surface area contributed by atoms with Gasteiger partial charge in [-0.25, -0.2) is 0 Å². The van der Waals surface area contributed by atoms with Crippen LogP contribution in [0, 0.1) is 13.8 Å². The molecule has 2 unspecified atom stereocenters. The minimum atomic E-state index is 0.381. The topological polar surface area (TPSA) is 28.4 Å². The van der Waals surface area contributed by atoms with Crippen LogP contribution in [0.1, 0.15) is 62.7 Å². The highest BCUT2D eigenvalue weighted by atomic mass is 16.3. The van der Waals surface area contributed by atoms with E-state index in [4.69, 9.17) is 4.42 Å². The summed E-state index contributed by atoms with van der Waals surface area (Å²) in [5.74, 6) is 2.06. The Hall–Kier alpha value is -0.800. The third-order valence-corrected chi connectivity index (χ3v) is 4.56. The molecule has 2 atom stereocenters. The van der Waals surface area contributed by atoms with Crippen molar-refractivity contribution in [3.63, 3.8) is 0 Å². The Morgan fingerprint density at radius 3 is 2.85 bits per heavy atom. The molecular formula is C17H30N2O. The molecule has 1 aliphatic heterocycles. The zero-order chi connectivity index (χ0) is 14.5. The molecule has 0 bridgehead atoms. The standard InChI is InChI=1S/C17H30N2O/c1-13-8-5-6-10-19(13)11-7-9-18-15(3)17-12-14(2)20-16(17)4/h12-13,15,18H,5-11H2,1-4H3. The van der Waals surface area contributed by atoms with Gasteiger partial charge in [-0.05, 0) is 72.7 Å². The number of hydrogen-bond acceptors (Lipinski definition) is 3. The van der Waals surface area contributed by atoms with Crippen LogP contribution >= 0.6 is 0 Å². The molecule has 0 amide bonds. The van der Waals surface area contributed by atoms with Gasteiger partial charge in [0.2, 0.25) is 0 Å². The maximum atomic E-state index is 5.60. The molecule has 1 fully saturated rings. The fourth-order valence-electron chi connectivity index (χ4n) is 3.28. The Morgan fingerprint density at radius 1 is 1.40 bits per heavy atom. The van der Waals surface area contributed by atoms with Crippen LogP contribution in [0.15, 0.2) is 10.5 Å². The van der Waals surface area contributed by atoms with Gasteiger partial charge in [-0.15, -0.1) is 0 Å². The van der Waals surface area contributed by atoms with E-state index in [1.165, 1.54) is 44.3 Å². The molecule has 1 saturated heterocycles. The van der Waals surface area contributed by atoms with Gasteiger partial charge in [0, 0.05) is 17.6 Å². The Labute approximate surface area is 123 Å². The van der Waals surface area contributed by atoms with E-state index >= 15 is 0 Å². The Morgan fingerprint density at radius 2 is 2.20 bits per heavy atom. The molecule has 0 aromatic carbocycles. The lowest BCUT2D eigenvalue weighted by atomic mass is 10.0. The summed E-state index contributed by atoms with van der Waals surface area (Å²) in [6.45, 7) is 12.2. The number of furan rings is 1. The van der Waals surface area contributed by atoms with E-state index in [0.29, 0.717) is 6.04 Å². The highest BCUT2D eigenvalue weighted by Crippen LogP contribution is 2.21. The van der Waals surface area contributed by atoms with E-state index in [1.54, 1.807) is 0 Å². The molecule has 0 saturated carbocycles. The minimum absolute atomic E-state index is 0.381. The van der Waals surface area contributed by atoms with E-state index in [2.05, 4.69) is 37.1 Å². The van der Waals surface area contributed by atoms with E-state index in [9.17, 15) is 0 Å². The molecule has 3 heteroatoms. The second-order valence-corrected chi connectivity index (χ2v) is 6.28. The van der Waals surface area contributed by atoms with E-state index in [0.717, 1.165) is 24.1 Å². The summed E-state index contributed by atoms with van der Waals surface area (Å²) < 4.78 is 5.60. The number of rotatable bonds is 6. The van der Waals surface area contributed by atoms with Crippen LogP contribution in [0.2, 0.25) is 0 Å². The van der Waals surface area contributed by atoms with Crippen molar-refractivity contribution >= 4 is 0 Å². The quantitative estimate of drug-likeness (QED) is 0.802. The predicted octanol–water partition coefficient (Wildman–Crippen LogP) is 3.81. The van der Waals surface area contributed by atoms with Crippen LogP contribution in [0.3, 0.4) is 0 Å². The zero-order valence-electron chi connectivity index (χ0n) is 13.5. The maximum Gasteiger partial charge on any atom is 0.105 e. The molecule has 0 radical (unpaired) electrons. The second-order valence-electron chi connectivity index (χ2n) is 6.28. The normalized spacial score (nSPS) is 22.1. The molecular weight excluding hydrogens is 248 g/mol. The minimum Gasteiger partial charge on any atom is -0.466 e. The number of likely N-dealkylation sites (tertiary alicyclic amines) is 1. The molecule has 1 N–H and O–H groups in total. The Kier molecular flexibility index (Phi) is 5.67. The average molecular weight is 278 g/mol. The molecule has 1 aromatic heterocycles. The van der Waals surface area contributed by atoms with Crippen molar-refractivity contribution < 1.29 is 4.42 Å². The Balaban J connectivity index is 1.69. The van der Waals surface area contributed by atoms with Gasteiger partial charge in [-0.1, -0.05) is 6.42 Å². The summed E-state index contributed by atoms with van der Waals surface area (Å²) in [6.07, 6.45) is 5.38. The summed E-state index contributed by atoms with van der Waals surface area (Å²) in [4.78, 5) is 2.64. The molecule has 1 aliphatic rings. The van der Waals surface area contributed by atoms with Gasteiger partial charge < -0.3 is 14.6 Å². The van der Waals surface area contributed by atoms with Crippen molar-refractivity contribution in [3.8, 4) is 0 Å². The van der Waals surface area contributed by atoms with Crippen molar-refractivity contribution in [2.45, 2.75) is 65.5 Å². The van der Waals surface area contributed by atoms with Crippen LogP contribution in [0.4, 0.5) is 0 Å². The summed E-state index contributed by atoms with van der Waals surface area (Å²) in [5.41, 5.74) is 1.30. The van der Waals surface area contributed by atoms with E-state index in [-0.39, 0.29) is 0 Å².